The standard InChI is InChI=1S/C12H23N3OS/c1-5-11-13-14-12(16-11)9-15(6-2)8-7-10(3)17-4/h10H,5-9H2,1-4H3/t10-/m1/s1. The molecule has 5 heteroatoms. The highest BCUT2D eigenvalue weighted by Crippen LogP contribution is 2.12. The molecule has 0 aromatic carbocycles. The second kappa shape index (κ2) is 7.71. The molecule has 0 bridgehead atoms. The zero-order valence-electron chi connectivity index (χ0n) is 11.3. The summed E-state index contributed by atoms with van der Waals surface area (Å²) < 4.78 is 5.53. The van der Waals surface area contributed by atoms with E-state index in [1.54, 1.807) is 0 Å². The Labute approximate surface area is 108 Å². The van der Waals surface area contributed by atoms with E-state index < -0.39 is 0 Å². The summed E-state index contributed by atoms with van der Waals surface area (Å²) in [5.74, 6) is 1.47. The van der Waals surface area contributed by atoms with Gasteiger partial charge in [-0.1, -0.05) is 20.8 Å². The molecule has 98 valence electrons. The molecule has 1 aromatic rings. The fourth-order valence-electron chi connectivity index (χ4n) is 1.52. The Morgan fingerprint density at radius 1 is 1.29 bits per heavy atom. The smallest absolute Gasteiger partial charge is 0.230 e. The fraction of sp³-hybridized carbons (Fsp3) is 0.833. The van der Waals surface area contributed by atoms with E-state index in [4.69, 9.17) is 4.42 Å². The van der Waals surface area contributed by atoms with E-state index >= 15 is 0 Å². The number of thioether (sulfide) groups is 1. The average Bonchev–Trinajstić information content (AvgIpc) is 2.81. The van der Waals surface area contributed by atoms with Crippen LogP contribution in [-0.2, 0) is 13.0 Å². The molecule has 1 aromatic heterocycles. The highest BCUT2D eigenvalue weighted by molar-refractivity contribution is 7.99. The molecule has 0 saturated heterocycles. The summed E-state index contributed by atoms with van der Waals surface area (Å²) in [6, 6.07) is 0. The van der Waals surface area contributed by atoms with Crippen LogP contribution in [0.25, 0.3) is 0 Å². The van der Waals surface area contributed by atoms with Crippen molar-refractivity contribution in [1.29, 1.82) is 0 Å². The molecule has 1 heterocycles. The molecule has 0 aliphatic rings. The monoisotopic (exact) mass is 257 g/mol. The minimum Gasteiger partial charge on any atom is -0.424 e. The van der Waals surface area contributed by atoms with Crippen LogP contribution in [-0.4, -0.2) is 39.7 Å². The van der Waals surface area contributed by atoms with Gasteiger partial charge < -0.3 is 4.42 Å². The quantitative estimate of drug-likeness (QED) is 0.716. The molecule has 1 atom stereocenters. The first-order chi connectivity index (χ1) is 8.19. The summed E-state index contributed by atoms with van der Waals surface area (Å²) in [5.41, 5.74) is 0. The van der Waals surface area contributed by atoms with Crippen LogP contribution in [0.15, 0.2) is 4.42 Å². The second-order valence-electron chi connectivity index (χ2n) is 4.15. The molecule has 0 unspecified atom stereocenters. The molecule has 4 nitrogen and oxygen atoms in total. The topological polar surface area (TPSA) is 42.2 Å². The summed E-state index contributed by atoms with van der Waals surface area (Å²) in [7, 11) is 0. The summed E-state index contributed by atoms with van der Waals surface area (Å²) in [5, 5.41) is 8.75. The van der Waals surface area contributed by atoms with Gasteiger partial charge in [-0.3, -0.25) is 4.90 Å². The van der Waals surface area contributed by atoms with Gasteiger partial charge in [0.15, 0.2) is 0 Å². The molecule has 0 fully saturated rings. The second-order valence-corrected chi connectivity index (χ2v) is 5.42. The van der Waals surface area contributed by atoms with Gasteiger partial charge >= 0.3 is 0 Å². The lowest BCUT2D eigenvalue weighted by atomic mass is 10.3. The number of aromatic nitrogens is 2. The molecular weight excluding hydrogens is 234 g/mol. The van der Waals surface area contributed by atoms with E-state index in [9.17, 15) is 0 Å². The van der Waals surface area contributed by atoms with Crippen LogP contribution in [0, 0.1) is 0 Å². The minimum absolute atomic E-state index is 0.706. The molecule has 0 spiro atoms. The maximum Gasteiger partial charge on any atom is 0.230 e. The minimum atomic E-state index is 0.706. The van der Waals surface area contributed by atoms with Crippen LogP contribution in [0.4, 0.5) is 0 Å². The van der Waals surface area contributed by atoms with Crippen molar-refractivity contribution < 1.29 is 4.42 Å². The Bertz CT molecular complexity index is 316. The van der Waals surface area contributed by atoms with E-state index in [1.165, 1.54) is 6.42 Å². The van der Waals surface area contributed by atoms with Gasteiger partial charge in [0.1, 0.15) is 0 Å². The Balaban J connectivity index is 2.40. The molecule has 0 saturated carbocycles. The maximum absolute atomic E-state index is 5.53. The first-order valence-electron chi connectivity index (χ1n) is 6.26. The first kappa shape index (κ1) is 14.5. The SMILES string of the molecule is CCc1nnc(CN(CC)CC[C@@H](C)SC)o1. The van der Waals surface area contributed by atoms with Crippen LogP contribution < -0.4 is 0 Å². The third-order valence-electron chi connectivity index (χ3n) is 2.87. The van der Waals surface area contributed by atoms with Crippen molar-refractivity contribution in [2.75, 3.05) is 19.3 Å². The molecule has 0 N–H and O–H groups in total. The highest BCUT2D eigenvalue weighted by atomic mass is 32.2. The predicted octanol–water partition coefficient (Wildman–Crippen LogP) is 2.60. The Kier molecular flexibility index (Phi) is 6.58. The molecule has 1 rings (SSSR count). The zero-order chi connectivity index (χ0) is 12.7. The van der Waals surface area contributed by atoms with Gasteiger partial charge in [0.05, 0.1) is 6.54 Å². The third kappa shape index (κ3) is 5.08. The van der Waals surface area contributed by atoms with Gasteiger partial charge in [-0.25, -0.2) is 0 Å². The molecule has 0 aliphatic heterocycles. The van der Waals surface area contributed by atoms with Gasteiger partial charge in [-0.2, -0.15) is 11.8 Å². The fourth-order valence-corrected chi connectivity index (χ4v) is 1.86. The number of hydrogen-bond acceptors (Lipinski definition) is 5. The van der Waals surface area contributed by atoms with Crippen molar-refractivity contribution in [3.8, 4) is 0 Å². The van der Waals surface area contributed by atoms with Crippen molar-refractivity contribution in [1.82, 2.24) is 15.1 Å². The van der Waals surface area contributed by atoms with E-state index in [2.05, 4.69) is 35.2 Å². The number of nitrogens with zero attached hydrogens (tertiary/aromatic N) is 3. The van der Waals surface area contributed by atoms with Crippen LogP contribution >= 0.6 is 11.8 Å². The molecule has 0 radical (unpaired) electrons. The van der Waals surface area contributed by atoms with Gasteiger partial charge in [0, 0.05) is 11.7 Å². The summed E-state index contributed by atoms with van der Waals surface area (Å²) in [6.07, 6.45) is 4.17. The lowest BCUT2D eigenvalue weighted by Gasteiger charge is -2.19. The van der Waals surface area contributed by atoms with Gasteiger partial charge in [-0.15, -0.1) is 10.2 Å². The number of hydrogen-bond donors (Lipinski definition) is 0. The lowest BCUT2D eigenvalue weighted by molar-refractivity contribution is 0.245. The van der Waals surface area contributed by atoms with Crippen molar-refractivity contribution in [3.63, 3.8) is 0 Å². The van der Waals surface area contributed by atoms with Crippen molar-refractivity contribution in [2.24, 2.45) is 0 Å². The average molecular weight is 257 g/mol. The van der Waals surface area contributed by atoms with Crippen LogP contribution in [0.3, 0.4) is 0 Å². The van der Waals surface area contributed by atoms with Crippen molar-refractivity contribution in [2.45, 2.75) is 45.4 Å². The third-order valence-corrected chi connectivity index (χ3v) is 3.91. The van der Waals surface area contributed by atoms with Gasteiger partial charge in [-0.05, 0) is 25.8 Å². The van der Waals surface area contributed by atoms with Crippen molar-refractivity contribution >= 4 is 11.8 Å². The summed E-state index contributed by atoms with van der Waals surface area (Å²) in [4.78, 5) is 2.35. The molecular formula is C12H23N3OS. The van der Waals surface area contributed by atoms with E-state index in [0.29, 0.717) is 5.25 Å². The van der Waals surface area contributed by atoms with E-state index in [-0.39, 0.29) is 0 Å². The first-order valence-corrected chi connectivity index (χ1v) is 7.54. The highest BCUT2D eigenvalue weighted by Gasteiger charge is 2.10. The normalized spacial score (nSPS) is 13.2. The predicted molar refractivity (Wildman–Crippen MR) is 72.2 cm³/mol. The van der Waals surface area contributed by atoms with Crippen LogP contribution in [0.5, 0.6) is 0 Å². The molecule has 17 heavy (non-hydrogen) atoms. The van der Waals surface area contributed by atoms with E-state index in [1.807, 2.05) is 18.7 Å². The Morgan fingerprint density at radius 2 is 2.00 bits per heavy atom. The van der Waals surface area contributed by atoms with Crippen LogP contribution in [0.1, 0.15) is 39.0 Å². The number of aryl methyl sites for hydroxylation is 1. The van der Waals surface area contributed by atoms with Crippen LogP contribution in [0.2, 0.25) is 0 Å². The Morgan fingerprint density at radius 3 is 2.53 bits per heavy atom. The molecule has 0 amide bonds. The summed E-state index contributed by atoms with van der Waals surface area (Å²) >= 11 is 1.91. The Hall–Kier alpha value is -0.550. The number of rotatable bonds is 8. The lowest BCUT2D eigenvalue weighted by Crippen LogP contribution is -2.25. The van der Waals surface area contributed by atoms with Gasteiger partial charge in [0.25, 0.3) is 0 Å². The molecule has 0 aliphatic carbocycles. The van der Waals surface area contributed by atoms with Crippen molar-refractivity contribution in [3.05, 3.63) is 11.8 Å². The largest absolute Gasteiger partial charge is 0.424 e. The van der Waals surface area contributed by atoms with Gasteiger partial charge in [0.2, 0.25) is 11.8 Å². The zero-order valence-corrected chi connectivity index (χ0v) is 12.1. The summed E-state index contributed by atoms with van der Waals surface area (Å²) in [6.45, 7) is 9.33. The van der Waals surface area contributed by atoms with E-state index in [0.717, 1.165) is 37.8 Å². The maximum atomic E-state index is 5.53.